The average Bonchev–Trinajstić information content (AvgIpc) is 3.17. The van der Waals surface area contributed by atoms with E-state index in [2.05, 4.69) is 31.3 Å². The van der Waals surface area contributed by atoms with Gasteiger partial charge in [0.2, 0.25) is 15.9 Å². The molecule has 140 valence electrons. The van der Waals surface area contributed by atoms with Gasteiger partial charge in [0.1, 0.15) is 23.6 Å². The van der Waals surface area contributed by atoms with Crippen molar-refractivity contribution in [2.24, 2.45) is 0 Å². The van der Waals surface area contributed by atoms with E-state index >= 15 is 0 Å². The predicted octanol–water partition coefficient (Wildman–Crippen LogP) is 1.26. The number of hydrogen-bond acceptors (Lipinski definition) is 6. The molecule has 1 aromatic heterocycles. The normalized spacial score (nSPS) is 17.0. The van der Waals surface area contributed by atoms with Gasteiger partial charge in [-0.2, -0.15) is 9.40 Å². The van der Waals surface area contributed by atoms with Crippen LogP contribution in [0.4, 0.5) is 5.69 Å². The molecule has 1 fully saturated rings. The maximum absolute atomic E-state index is 13.0. The van der Waals surface area contributed by atoms with E-state index in [9.17, 15) is 13.2 Å². The van der Waals surface area contributed by atoms with Gasteiger partial charge in [0.05, 0.1) is 18.9 Å². The maximum Gasteiger partial charge on any atom is 0.249 e. The number of sulfonamides is 1. The first kappa shape index (κ1) is 19.0. The summed E-state index contributed by atoms with van der Waals surface area (Å²) in [5, 5.41) is 6.62. The van der Waals surface area contributed by atoms with Crippen LogP contribution in [-0.4, -0.2) is 59.7 Å². The third-order valence-electron chi connectivity index (χ3n) is 4.00. The van der Waals surface area contributed by atoms with Crippen LogP contribution in [0.15, 0.2) is 40.2 Å². The lowest BCUT2D eigenvalue weighted by Crippen LogP contribution is -2.41. The largest absolute Gasteiger partial charge is 0.379 e. The molecule has 1 atom stereocenters. The van der Waals surface area contributed by atoms with Gasteiger partial charge in [-0.3, -0.25) is 4.79 Å². The summed E-state index contributed by atoms with van der Waals surface area (Å²) in [6.45, 7) is 2.89. The van der Waals surface area contributed by atoms with Gasteiger partial charge in [-0.15, -0.1) is 0 Å². The Kier molecular flexibility index (Phi) is 5.70. The Labute approximate surface area is 159 Å². The number of nitrogens with one attached hydrogen (secondary N) is 1. The number of nitrogens with zero attached hydrogens (tertiary/aromatic N) is 4. The van der Waals surface area contributed by atoms with Crippen LogP contribution in [0, 0.1) is 0 Å². The molecule has 1 N–H and O–H groups in total. The first-order valence-electron chi connectivity index (χ1n) is 7.92. The second-order valence-corrected chi connectivity index (χ2v) is 8.52. The fraction of sp³-hybridized carbons (Fsp3) is 0.400. The van der Waals surface area contributed by atoms with Crippen molar-refractivity contribution < 1.29 is 17.9 Å². The van der Waals surface area contributed by atoms with Gasteiger partial charge in [-0.25, -0.2) is 18.1 Å². The zero-order chi connectivity index (χ0) is 18.7. The molecule has 26 heavy (non-hydrogen) atoms. The Morgan fingerprint density at radius 3 is 2.73 bits per heavy atom. The number of hydrogen-bond donors (Lipinski definition) is 1. The minimum Gasteiger partial charge on any atom is -0.379 e. The number of carbonyl (C=O) groups is 1. The fourth-order valence-corrected chi connectivity index (χ4v) is 4.61. The molecular weight excluding hydrogens is 426 g/mol. The number of aromatic nitrogens is 3. The van der Waals surface area contributed by atoms with E-state index < -0.39 is 22.0 Å². The second-order valence-electron chi connectivity index (χ2n) is 5.70. The van der Waals surface area contributed by atoms with Crippen molar-refractivity contribution in [1.29, 1.82) is 0 Å². The highest BCUT2D eigenvalue weighted by molar-refractivity contribution is 9.10. The zero-order valence-corrected chi connectivity index (χ0v) is 16.4. The molecule has 1 aromatic carbocycles. The highest BCUT2D eigenvalue weighted by Gasteiger charge is 2.30. The van der Waals surface area contributed by atoms with Crippen LogP contribution in [0.25, 0.3) is 0 Å². The summed E-state index contributed by atoms with van der Waals surface area (Å²) in [7, 11) is -3.77. The van der Waals surface area contributed by atoms with Crippen LogP contribution in [0.5, 0.6) is 0 Å². The summed E-state index contributed by atoms with van der Waals surface area (Å²) in [4.78, 5) is 16.4. The zero-order valence-electron chi connectivity index (χ0n) is 14.0. The Morgan fingerprint density at radius 1 is 1.35 bits per heavy atom. The number of carbonyl (C=O) groups excluding carboxylic acids is 1. The molecule has 2 aromatic rings. The number of rotatable bonds is 5. The monoisotopic (exact) mass is 443 g/mol. The van der Waals surface area contributed by atoms with Crippen LogP contribution in [0.3, 0.4) is 0 Å². The molecule has 1 aliphatic heterocycles. The summed E-state index contributed by atoms with van der Waals surface area (Å²) in [6, 6.07) is 4.08. The molecule has 1 aliphatic rings. The van der Waals surface area contributed by atoms with E-state index in [1.807, 2.05) is 0 Å². The third kappa shape index (κ3) is 3.95. The highest BCUT2D eigenvalue weighted by Crippen LogP contribution is 2.29. The van der Waals surface area contributed by atoms with Gasteiger partial charge >= 0.3 is 0 Å². The number of ether oxygens (including phenoxy) is 1. The van der Waals surface area contributed by atoms with Crippen LogP contribution >= 0.6 is 15.9 Å². The smallest absolute Gasteiger partial charge is 0.249 e. The minimum atomic E-state index is -3.77. The number of halogens is 1. The van der Waals surface area contributed by atoms with Crippen molar-refractivity contribution in [3.8, 4) is 0 Å². The average molecular weight is 444 g/mol. The lowest BCUT2D eigenvalue weighted by Gasteiger charge is -2.27. The molecule has 0 radical (unpaired) electrons. The van der Waals surface area contributed by atoms with Crippen LogP contribution < -0.4 is 5.32 Å². The molecule has 2 heterocycles. The van der Waals surface area contributed by atoms with Gasteiger partial charge < -0.3 is 10.1 Å². The molecule has 9 nitrogen and oxygen atoms in total. The Balaban J connectivity index is 1.89. The Bertz CT molecular complexity index is 881. The van der Waals surface area contributed by atoms with Crippen molar-refractivity contribution in [2.75, 3.05) is 31.6 Å². The first-order valence-corrected chi connectivity index (χ1v) is 10.2. The van der Waals surface area contributed by atoms with Gasteiger partial charge in [0.15, 0.2) is 0 Å². The molecule has 0 aliphatic carbocycles. The van der Waals surface area contributed by atoms with E-state index in [0.29, 0.717) is 17.7 Å². The van der Waals surface area contributed by atoms with Crippen molar-refractivity contribution in [1.82, 2.24) is 19.1 Å². The number of morpholine rings is 1. The molecule has 1 saturated heterocycles. The number of anilines is 1. The molecule has 0 spiro atoms. The topological polar surface area (TPSA) is 106 Å². The SMILES string of the molecule is C[C@@H](C(=O)Nc1ccc(Br)cc1S(=O)(=O)N1CCOCC1)n1cncn1. The Hall–Kier alpha value is -1.82. The molecule has 0 unspecified atom stereocenters. The van der Waals surface area contributed by atoms with Crippen molar-refractivity contribution in [3.63, 3.8) is 0 Å². The van der Waals surface area contributed by atoms with E-state index in [4.69, 9.17) is 4.74 Å². The summed E-state index contributed by atoms with van der Waals surface area (Å²) >= 11 is 3.30. The quantitative estimate of drug-likeness (QED) is 0.745. The highest BCUT2D eigenvalue weighted by atomic mass is 79.9. The summed E-state index contributed by atoms with van der Waals surface area (Å²) in [6.07, 6.45) is 2.76. The van der Waals surface area contributed by atoms with Crippen LogP contribution in [0.1, 0.15) is 13.0 Å². The van der Waals surface area contributed by atoms with Crippen molar-refractivity contribution in [3.05, 3.63) is 35.3 Å². The van der Waals surface area contributed by atoms with E-state index in [-0.39, 0.29) is 23.7 Å². The standard InChI is InChI=1S/C15H18BrN5O4S/c1-11(21-10-17-9-18-21)15(22)19-13-3-2-12(16)8-14(13)26(23,24)20-4-6-25-7-5-20/h2-3,8-11H,4-7H2,1H3,(H,19,22)/t11-/m0/s1. The first-order chi connectivity index (χ1) is 12.4. The van der Waals surface area contributed by atoms with Gasteiger partial charge in [-0.1, -0.05) is 15.9 Å². The molecule has 0 bridgehead atoms. The van der Waals surface area contributed by atoms with Crippen LogP contribution in [0.2, 0.25) is 0 Å². The minimum absolute atomic E-state index is 0.0351. The van der Waals surface area contributed by atoms with Gasteiger partial charge in [-0.05, 0) is 25.1 Å². The number of amides is 1. The van der Waals surface area contributed by atoms with Gasteiger partial charge in [0, 0.05) is 17.6 Å². The molecule has 1 amide bonds. The van der Waals surface area contributed by atoms with E-state index in [1.165, 1.54) is 27.7 Å². The summed E-state index contributed by atoms with van der Waals surface area (Å²) in [5.41, 5.74) is 0.219. The third-order valence-corrected chi connectivity index (χ3v) is 6.43. The van der Waals surface area contributed by atoms with Crippen LogP contribution in [-0.2, 0) is 19.6 Å². The predicted molar refractivity (Wildman–Crippen MR) is 97.1 cm³/mol. The van der Waals surface area contributed by atoms with E-state index in [1.54, 1.807) is 19.1 Å². The number of benzene rings is 1. The fourth-order valence-electron chi connectivity index (χ4n) is 2.51. The second kappa shape index (κ2) is 7.82. The summed E-state index contributed by atoms with van der Waals surface area (Å²) in [5.74, 6) is -0.392. The van der Waals surface area contributed by atoms with E-state index in [0.717, 1.165) is 0 Å². The van der Waals surface area contributed by atoms with Crippen molar-refractivity contribution in [2.45, 2.75) is 17.9 Å². The summed E-state index contributed by atoms with van der Waals surface area (Å²) < 4.78 is 34.6. The lowest BCUT2D eigenvalue weighted by molar-refractivity contribution is -0.119. The molecular formula is C15H18BrN5O4S. The molecule has 3 rings (SSSR count). The molecule has 11 heteroatoms. The van der Waals surface area contributed by atoms with Gasteiger partial charge in [0.25, 0.3) is 0 Å². The molecule has 0 saturated carbocycles. The maximum atomic E-state index is 13.0. The Morgan fingerprint density at radius 2 is 2.08 bits per heavy atom. The van der Waals surface area contributed by atoms with Crippen molar-refractivity contribution >= 4 is 37.5 Å². The lowest BCUT2D eigenvalue weighted by atomic mass is 10.2.